The minimum absolute atomic E-state index is 0.514. The molecule has 0 spiro atoms. The minimum Gasteiger partial charge on any atom is -0.305 e. The van der Waals surface area contributed by atoms with E-state index in [9.17, 15) is 0 Å². The van der Waals surface area contributed by atoms with Crippen LogP contribution in [0.5, 0.6) is 0 Å². The second-order valence-corrected chi connectivity index (χ2v) is 3.76. The average molecular weight is 183 g/mol. The SMILES string of the molecule is CCN(CC)C[C@@H]1NN=C(C)[C@H]1C. The number of nitrogens with one attached hydrogen (secondary N) is 1. The summed E-state index contributed by atoms with van der Waals surface area (Å²) in [5.41, 5.74) is 4.44. The van der Waals surface area contributed by atoms with E-state index in [1.54, 1.807) is 0 Å². The van der Waals surface area contributed by atoms with Crippen molar-refractivity contribution in [3.63, 3.8) is 0 Å². The van der Waals surface area contributed by atoms with Crippen LogP contribution < -0.4 is 5.43 Å². The van der Waals surface area contributed by atoms with Crippen molar-refractivity contribution in [3.8, 4) is 0 Å². The van der Waals surface area contributed by atoms with Crippen molar-refractivity contribution >= 4 is 5.71 Å². The molecule has 0 unspecified atom stereocenters. The largest absolute Gasteiger partial charge is 0.305 e. The Hall–Kier alpha value is -0.570. The molecule has 76 valence electrons. The average Bonchev–Trinajstić information content (AvgIpc) is 2.45. The number of hydrogen-bond acceptors (Lipinski definition) is 3. The number of hydrazone groups is 1. The molecule has 0 fully saturated rings. The summed E-state index contributed by atoms with van der Waals surface area (Å²) in [5, 5.41) is 4.26. The maximum absolute atomic E-state index is 4.26. The highest BCUT2D eigenvalue weighted by molar-refractivity contribution is 5.85. The zero-order valence-corrected chi connectivity index (χ0v) is 9.17. The molecule has 1 heterocycles. The Balaban J connectivity index is 2.39. The summed E-state index contributed by atoms with van der Waals surface area (Å²) in [5.74, 6) is 0.584. The minimum atomic E-state index is 0.514. The number of likely N-dealkylation sites (N-methyl/N-ethyl adjacent to an activating group) is 1. The van der Waals surface area contributed by atoms with Gasteiger partial charge in [-0.05, 0) is 20.0 Å². The number of rotatable bonds is 4. The highest BCUT2D eigenvalue weighted by Crippen LogP contribution is 2.13. The number of nitrogens with zero attached hydrogens (tertiary/aromatic N) is 2. The molecule has 0 radical (unpaired) electrons. The zero-order chi connectivity index (χ0) is 9.84. The van der Waals surface area contributed by atoms with E-state index in [1.165, 1.54) is 5.71 Å². The maximum atomic E-state index is 4.26. The summed E-state index contributed by atoms with van der Waals surface area (Å²) in [7, 11) is 0. The third kappa shape index (κ3) is 2.44. The molecule has 0 saturated heterocycles. The predicted octanol–water partition coefficient (Wildman–Crippen LogP) is 1.31. The molecule has 0 bridgehead atoms. The van der Waals surface area contributed by atoms with E-state index in [4.69, 9.17) is 0 Å². The molecule has 0 amide bonds. The van der Waals surface area contributed by atoms with E-state index in [0.717, 1.165) is 19.6 Å². The van der Waals surface area contributed by atoms with Gasteiger partial charge in [-0.3, -0.25) is 0 Å². The van der Waals surface area contributed by atoms with Crippen molar-refractivity contribution in [1.29, 1.82) is 0 Å². The highest BCUT2D eigenvalue weighted by atomic mass is 15.4. The predicted molar refractivity (Wildman–Crippen MR) is 57.0 cm³/mol. The lowest BCUT2D eigenvalue weighted by atomic mass is 9.99. The van der Waals surface area contributed by atoms with Crippen LogP contribution >= 0.6 is 0 Å². The van der Waals surface area contributed by atoms with Crippen LogP contribution in [-0.2, 0) is 0 Å². The van der Waals surface area contributed by atoms with Gasteiger partial charge in [-0.2, -0.15) is 5.10 Å². The van der Waals surface area contributed by atoms with E-state index in [-0.39, 0.29) is 0 Å². The van der Waals surface area contributed by atoms with Crippen molar-refractivity contribution in [2.45, 2.75) is 33.7 Å². The zero-order valence-electron chi connectivity index (χ0n) is 9.17. The Morgan fingerprint density at radius 1 is 1.38 bits per heavy atom. The number of hydrogen-bond donors (Lipinski definition) is 1. The lowest BCUT2D eigenvalue weighted by Gasteiger charge is -2.24. The third-order valence-corrected chi connectivity index (χ3v) is 3.02. The quantitative estimate of drug-likeness (QED) is 0.711. The molecule has 0 aromatic carbocycles. The summed E-state index contributed by atoms with van der Waals surface area (Å²) < 4.78 is 0. The molecule has 0 aromatic rings. The first-order valence-electron chi connectivity index (χ1n) is 5.21. The summed E-state index contributed by atoms with van der Waals surface area (Å²) >= 11 is 0. The molecule has 1 rings (SSSR count). The molecule has 1 aliphatic heterocycles. The first-order valence-corrected chi connectivity index (χ1v) is 5.21. The fraction of sp³-hybridized carbons (Fsp3) is 0.900. The lowest BCUT2D eigenvalue weighted by Crippen LogP contribution is -2.40. The summed E-state index contributed by atoms with van der Waals surface area (Å²) in [6, 6.07) is 0.514. The Bertz CT molecular complexity index is 185. The van der Waals surface area contributed by atoms with Crippen molar-refractivity contribution in [3.05, 3.63) is 0 Å². The van der Waals surface area contributed by atoms with Gasteiger partial charge in [0.15, 0.2) is 0 Å². The molecule has 0 aromatic heterocycles. The first-order chi connectivity index (χ1) is 6.19. The van der Waals surface area contributed by atoms with Crippen molar-refractivity contribution in [1.82, 2.24) is 10.3 Å². The lowest BCUT2D eigenvalue weighted by molar-refractivity contribution is 0.257. The van der Waals surface area contributed by atoms with Crippen LogP contribution in [0.2, 0.25) is 0 Å². The van der Waals surface area contributed by atoms with Crippen LogP contribution in [0.4, 0.5) is 0 Å². The summed E-state index contributed by atoms with van der Waals surface area (Å²) in [6.45, 7) is 12.1. The highest BCUT2D eigenvalue weighted by Gasteiger charge is 2.25. The fourth-order valence-electron chi connectivity index (χ4n) is 1.65. The van der Waals surface area contributed by atoms with Gasteiger partial charge in [0.05, 0.1) is 6.04 Å². The monoisotopic (exact) mass is 183 g/mol. The van der Waals surface area contributed by atoms with Gasteiger partial charge < -0.3 is 10.3 Å². The molecule has 1 N–H and O–H groups in total. The second kappa shape index (κ2) is 4.61. The fourth-order valence-corrected chi connectivity index (χ4v) is 1.65. The van der Waals surface area contributed by atoms with Gasteiger partial charge in [0.2, 0.25) is 0 Å². The van der Waals surface area contributed by atoms with E-state index >= 15 is 0 Å². The van der Waals surface area contributed by atoms with Crippen molar-refractivity contribution < 1.29 is 0 Å². The van der Waals surface area contributed by atoms with Crippen LogP contribution in [0, 0.1) is 5.92 Å². The van der Waals surface area contributed by atoms with Gasteiger partial charge in [0, 0.05) is 18.2 Å². The Morgan fingerprint density at radius 2 is 2.00 bits per heavy atom. The van der Waals surface area contributed by atoms with E-state index in [1.807, 2.05) is 0 Å². The van der Waals surface area contributed by atoms with Gasteiger partial charge in [-0.1, -0.05) is 20.8 Å². The second-order valence-electron chi connectivity index (χ2n) is 3.76. The van der Waals surface area contributed by atoms with Gasteiger partial charge >= 0.3 is 0 Å². The standard InChI is InChI=1S/C10H21N3/c1-5-13(6-2)7-10-8(3)9(4)11-12-10/h8,10,12H,5-7H2,1-4H3/t8-,10+/m1/s1. The van der Waals surface area contributed by atoms with Crippen LogP contribution in [0.3, 0.4) is 0 Å². The molecule has 0 aliphatic carbocycles. The van der Waals surface area contributed by atoms with Gasteiger partial charge in [-0.15, -0.1) is 0 Å². The molecule has 13 heavy (non-hydrogen) atoms. The van der Waals surface area contributed by atoms with Crippen LogP contribution in [-0.4, -0.2) is 36.3 Å². The van der Waals surface area contributed by atoms with Gasteiger partial charge in [0.25, 0.3) is 0 Å². The molecule has 3 heteroatoms. The Labute approximate surface area is 81.2 Å². The van der Waals surface area contributed by atoms with Crippen LogP contribution in [0.1, 0.15) is 27.7 Å². The van der Waals surface area contributed by atoms with Gasteiger partial charge in [0.1, 0.15) is 0 Å². The Morgan fingerprint density at radius 3 is 2.38 bits per heavy atom. The smallest absolute Gasteiger partial charge is 0.0645 e. The van der Waals surface area contributed by atoms with Crippen molar-refractivity contribution in [2.75, 3.05) is 19.6 Å². The van der Waals surface area contributed by atoms with Crippen molar-refractivity contribution in [2.24, 2.45) is 11.0 Å². The Kier molecular flexibility index (Phi) is 3.72. The van der Waals surface area contributed by atoms with Crippen LogP contribution in [0.25, 0.3) is 0 Å². The molecule has 1 aliphatic rings. The maximum Gasteiger partial charge on any atom is 0.0645 e. The molecular weight excluding hydrogens is 162 g/mol. The van der Waals surface area contributed by atoms with E-state index < -0.39 is 0 Å². The summed E-state index contributed by atoms with van der Waals surface area (Å²) in [6.07, 6.45) is 0. The van der Waals surface area contributed by atoms with E-state index in [2.05, 4.69) is 43.1 Å². The van der Waals surface area contributed by atoms with E-state index in [0.29, 0.717) is 12.0 Å². The molecular formula is C10H21N3. The molecule has 3 nitrogen and oxygen atoms in total. The van der Waals surface area contributed by atoms with Gasteiger partial charge in [-0.25, -0.2) is 0 Å². The third-order valence-electron chi connectivity index (χ3n) is 3.02. The molecule has 2 atom stereocenters. The summed E-state index contributed by atoms with van der Waals surface area (Å²) in [4.78, 5) is 2.43. The topological polar surface area (TPSA) is 27.6 Å². The molecule has 0 saturated carbocycles. The van der Waals surface area contributed by atoms with Crippen LogP contribution in [0.15, 0.2) is 5.10 Å². The normalized spacial score (nSPS) is 27.6. The first kappa shape index (κ1) is 10.5.